The number of hydrogen-bond acceptors (Lipinski definition) is 1. The maximum Gasteiger partial charge on any atom is 0.159 e. The molecule has 2 rings (SSSR count). The highest BCUT2D eigenvalue weighted by Gasteiger charge is 2.60. The molecule has 2 aliphatic carbocycles. The topological polar surface area (TPSA) is 17.1 Å². The Bertz CT molecular complexity index is 384. The lowest BCUT2D eigenvalue weighted by Gasteiger charge is -2.05. The van der Waals surface area contributed by atoms with Crippen molar-refractivity contribution in [2.75, 3.05) is 0 Å². The van der Waals surface area contributed by atoms with E-state index >= 15 is 0 Å². The molecule has 0 N–H and O–H groups in total. The summed E-state index contributed by atoms with van der Waals surface area (Å²) >= 11 is 0. The van der Waals surface area contributed by atoms with Crippen LogP contribution in [0.2, 0.25) is 0 Å². The zero-order chi connectivity index (χ0) is 12.6. The van der Waals surface area contributed by atoms with Crippen molar-refractivity contribution in [1.29, 1.82) is 0 Å². The molecule has 0 saturated heterocycles. The predicted octanol–water partition coefficient (Wildman–Crippen LogP) is 4.29. The largest absolute Gasteiger partial charge is 0.295 e. The fourth-order valence-corrected chi connectivity index (χ4v) is 3.53. The van der Waals surface area contributed by atoms with Crippen LogP contribution in [0, 0.1) is 17.3 Å². The van der Waals surface area contributed by atoms with Crippen LogP contribution < -0.4 is 0 Å². The highest BCUT2D eigenvalue weighted by molar-refractivity contribution is 6.00. The number of ketones is 1. The van der Waals surface area contributed by atoms with Gasteiger partial charge in [-0.1, -0.05) is 38.5 Å². The number of Topliss-reactive ketones (excluding diaryl/α,β-unsaturated/α-hetero) is 1. The fraction of sp³-hybridized carbons (Fsp3) is 0.688. The lowest BCUT2D eigenvalue weighted by atomic mass is 9.98. The molecule has 0 aromatic carbocycles. The molecular weight excluding hydrogens is 208 g/mol. The summed E-state index contributed by atoms with van der Waals surface area (Å²) in [4.78, 5) is 12.1. The molecule has 2 aliphatic rings. The first-order valence-corrected chi connectivity index (χ1v) is 6.90. The average molecular weight is 232 g/mol. The summed E-state index contributed by atoms with van der Waals surface area (Å²) < 4.78 is 0. The molecule has 2 unspecified atom stereocenters. The minimum atomic E-state index is 0.329. The van der Waals surface area contributed by atoms with Crippen LogP contribution in [0.1, 0.15) is 53.4 Å². The van der Waals surface area contributed by atoms with Crippen molar-refractivity contribution in [1.82, 2.24) is 0 Å². The molecule has 1 heteroatoms. The Morgan fingerprint density at radius 2 is 2.06 bits per heavy atom. The second-order valence-corrected chi connectivity index (χ2v) is 6.00. The van der Waals surface area contributed by atoms with Crippen molar-refractivity contribution in [3.8, 4) is 0 Å². The number of rotatable bonds is 4. The van der Waals surface area contributed by atoms with E-state index in [0.29, 0.717) is 23.0 Å². The smallest absolute Gasteiger partial charge is 0.159 e. The van der Waals surface area contributed by atoms with Gasteiger partial charge in [0, 0.05) is 6.42 Å². The molecule has 1 fully saturated rings. The molecule has 0 amide bonds. The highest BCUT2D eigenvalue weighted by atomic mass is 16.1. The zero-order valence-electron chi connectivity index (χ0n) is 11.5. The first-order valence-electron chi connectivity index (χ1n) is 6.90. The van der Waals surface area contributed by atoms with Crippen molar-refractivity contribution in [2.45, 2.75) is 53.4 Å². The molecule has 0 aromatic rings. The van der Waals surface area contributed by atoms with E-state index in [9.17, 15) is 4.79 Å². The van der Waals surface area contributed by atoms with Crippen LogP contribution in [0.3, 0.4) is 0 Å². The predicted molar refractivity (Wildman–Crippen MR) is 71.8 cm³/mol. The van der Waals surface area contributed by atoms with E-state index in [-0.39, 0.29) is 0 Å². The summed E-state index contributed by atoms with van der Waals surface area (Å²) in [6.45, 7) is 8.89. The SMILES string of the molecule is CC=CCC1C(C2=C(CC)CCC2=O)C1(C)C. The summed E-state index contributed by atoms with van der Waals surface area (Å²) in [5, 5.41) is 0. The monoisotopic (exact) mass is 232 g/mol. The van der Waals surface area contributed by atoms with Crippen molar-refractivity contribution in [3.05, 3.63) is 23.3 Å². The molecule has 0 radical (unpaired) electrons. The Morgan fingerprint density at radius 3 is 2.65 bits per heavy atom. The molecule has 0 heterocycles. The van der Waals surface area contributed by atoms with Gasteiger partial charge >= 0.3 is 0 Å². The second-order valence-electron chi connectivity index (χ2n) is 6.00. The Labute approximate surface area is 105 Å². The second kappa shape index (κ2) is 4.44. The van der Waals surface area contributed by atoms with E-state index in [2.05, 4.69) is 39.8 Å². The standard InChI is InChI=1S/C16H24O/c1-5-7-8-12-15(16(12,3)4)14-11(6-2)9-10-13(14)17/h5,7,12,15H,6,8-10H2,1-4H3. The van der Waals surface area contributed by atoms with Gasteiger partial charge in [0.15, 0.2) is 5.78 Å². The third-order valence-corrected chi connectivity index (χ3v) is 4.75. The lowest BCUT2D eigenvalue weighted by molar-refractivity contribution is -0.115. The van der Waals surface area contributed by atoms with E-state index in [4.69, 9.17) is 0 Å². The molecule has 94 valence electrons. The number of carbonyl (C=O) groups is 1. The van der Waals surface area contributed by atoms with Crippen molar-refractivity contribution in [2.24, 2.45) is 17.3 Å². The third-order valence-electron chi connectivity index (χ3n) is 4.75. The summed E-state index contributed by atoms with van der Waals surface area (Å²) in [6, 6.07) is 0. The van der Waals surface area contributed by atoms with Crippen LogP contribution in [-0.4, -0.2) is 5.78 Å². The van der Waals surface area contributed by atoms with Gasteiger partial charge in [-0.15, -0.1) is 0 Å². The van der Waals surface area contributed by atoms with Crippen LogP contribution in [0.15, 0.2) is 23.3 Å². The first kappa shape index (κ1) is 12.6. The van der Waals surface area contributed by atoms with Gasteiger partial charge in [-0.2, -0.15) is 0 Å². The summed E-state index contributed by atoms with van der Waals surface area (Å²) in [6.07, 6.45) is 8.34. The Kier molecular flexibility index (Phi) is 3.29. The van der Waals surface area contributed by atoms with Gasteiger partial charge in [-0.05, 0) is 49.0 Å². The molecule has 0 spiro atoms. The maximum atomic E-state index is 12.1. The zero-order valence-corrected chi connectivity index (χ0v) is 11.5. The minimum Gasteiger partial charge on any atom is -0.295 e. The van der Waals surface area contributed by atoms with Crippen molar-refractivity contribution in [3.63, 3.8) is 0 Å². The first-order chi connectivity index (χ1) is 8.04. The Balaban J connectivity index is 2.21. The highest BCUT2D eigenvalue weighted by Crippen LogP contribution is 2.65. The van der Waals surface area contributed by atoms with Gasteiger partial charge < -0.3 is 0 Å². The molecule has 2 atom stereocenters. The molecule has 17 heavy (non-hydrogen) atoms. The number of hydrogen-bond donors (Lipinski definition) is 0. The Morgan fingerprint density at radius 1 is 1.35 bits per heavy atom. The molecule has 0 aliphatic heterocycles. The van der Waals surface area contributed by atoms with E-state index < -0.39 is 0 Å². The molecule has 0 bridgehead atoms. The van der Waals surface area contributed by atoms with Crippen molar-refractivity contribution >= 4 is 5.78 Å². The summed E-state index contributed by atoms with van der Waals surface area (Å²) in [7, 11) is 0. The van der Waals surface area contributed by atoms with E-state index in [0.717, 1.165) is 25.7 Å². The van der Waals surface area contributed by atoms with Gasteiger partial charge in [0.05, 0.1) is 0 Å². The molecule has 1 nitrogen and oxygen atoms in total. The number of carbonyl (C=O) groups excluding carboxylic acids is 1. The van der Waals surface area contributed by atoms with E-state index in [1.54, 1.807) is 0 Å². The minimum absolute atomic E-state index is 0.329. The Hall–Kier alpha value is -0.850. The maximum absolute atomic E-state index is 12.1. The lowest BCUT2D eigenvalue weighted by Crippen LogP contribution is -2.03. The third kappa shape index (κ3) is 2.00. The molecular formula is C16H24O. The quantitative estimate of drug-likeness (QED) is 0.661. The van der Waals surface area contributed by atoms with Gasteiger partial charge in [-0.25, -0.2) is 0 Å². The van der Waals surface area contributed by atoms with E-state index in [1.807, 2.05) is 0 Å². The van der Waals surface area contributed by atoms with Crippen LogP contribution in [0.4, 0.5) is 0 Å². The average Bonchev–Trinajstić information content (AvgIpc) is 2.64. The van der Waals surface area contributed by atoms with Crippen LogP contribution >= 0.6 is 0 Å². The van der Waals surface area contributed by atoms with Gasteiger partial charge in [0.1, 0.15) is 0 Å². The summed E-state index contributed by atoms with van der Waals surface area (Å²) in [5.74, 6) is 1.64. The van der Waals surface area contributed by atoms with Crippen molar-refractivity contribution < 1.29 is 4.79 Å². The van der Waals surface area contributed by atoms with Crippen LogP contribution in [-0.2, 0) is 4.79 Å². The fourth-order valence-electron chi connectivity index (χ4n) is 3.53. The molecule has 0 aromatic heterocycles. The summed E-state index contributed by atoms with van der Waals surface area (Å²) in [5.41, 5.74) is 2.98. The van der Waals surface area contributed by atoms with Crippen LogP contribution in [0.25, 0.3) is 0 Å². The van der Waals surface area contributed by atoms with Gasteiger partial charge in [0.2, 0.25) is 0 Å². The number of allylic oxidation sites excluding steroid dienone is 4. The van der Waals surface area contributed by atoms with Gasteiger partial charge in [-0.3, -0.25) is 4.79 Å². The molecule has 1 saturated carbocycles. The van der Waals surface area contributed by atoms with E-state index in [1.165, 1.54) is 11.1 Å². The van der Waals surface area contributed by atoms with Gasteiger partial charge in [0.25, 0.3) is 0 Å². The van der Waals surface area contributed by atoms with Crippen LogP contribution in [0.5, 0.6) is 0 Å². The normalized spacial score (nSPS) is 31.6.